The Morgan fingerprint density at radius 1 is 1.60 bits per heavy atom. The van der Waals surface area contributed by atoms with Gasteiger partial charge in [0.1, 0.15) is 5.76 Å². The summed E-state index contributed by atoms with van der Waals surface area (Å²) in [5.41, 5.74) is 5.50. The normalized spacial score (nSPS) is 13.7. The second-order valence-corrected chi connectivity index (χ2v) is 4.66. The summed E-state index contributed by atoms with van der Waals surface area (Å²) < 4.78 is 4.83. The van der Waals surface area contributed by atoms with Crippen LogP contribution in [0.25, 0.3) is 0 Å². The molecule has 1 unspecified atom stereocenters. The molecule has 0 bridgehead atoms. The van der Waals surface area contributed by atoms with Crippen molar-refractivity contribution >= 4 is 11.7 Å². The second-order valence-electron chi connectivity index (χ2n) is 4.66. The average molecular weight is 211 g/mol. The van der Waals surface area contributed by atoms with E-state index in [4.69, 9.17) is 10.3 Å². The number of carbonyl (C=O) groups is 1. The van der Waals surface area contributed by atoms with Crippen molar-refractivity contribution in [1.29, 1.82) is 0 Å². The molecule has 84 valence electrons. The van der Waals surface area contributed by atoms with Gasteiger partial charge in [-0.25, -0.2) is 0 Å². The van der Waals surface area contributed by atoms with E-state index in [-0.39, 0.29) is 11.3 Å². The molecule has 1 aromatic heterocycles. The minimum atomic E-state index is -0.575. The van der Waals surface area contributed by atoms with E-state index in [0.717, 1.165) is 0 Å². The highest BCUT2D eigenvalue weighted by atomic mass is 16.5. The van der Waals surface area contributed by atoms with E-state index in [1.165, 1.54) is 0 Å². The van der Waals surface area contributed by atoms with Crippen molar-refractivity contribution in [2.24, 2.45) is 11.1 Å². The van der Waals surface area contributed by atoms with Crippen LogP contribution in [0.3, 0.4) is 0 Å². The minimum Gasteiger partial charge on any atom is -0.360 e. The Kier molecular flexibility index (Phi) is 3.14. The van der Waals surface area contributed by atoms with Gasteiger partial charge >= 0.3 is 0 Å². The van der Waals surface area contributed by atoms with Gasteiger partial charge in [0.05, 0.1) is 6.04 Å². The first-order chi connectivity index (χ1) is 6.80. The van der Waals surface area contributed by atoms with Crippen LogP contribution in [-0.2, 0) is 4.79 Å². The molecular formula is C10H17N3O2. The first-order valence-corrected chi connectivity index (χ1v) is 4.80. The van der Waals surface area contributed by atoms with E-state index in [2.05, 4.69) is 10.5 Å². The summed E-state index contributed by atoms with van der Waals surface area (Å²) in [6, 6.07) is 1.07. The zero-order chi connectivity index (χ0) is 11.6. The summed E-state index contributed by atoms with van der Waals surface area (Å²) in [6.07, 6.45) is 0. The molecule has 0 radical (unpaired) electrons. The molecular weight excluding hydrogens is 194 g/mol. The van der Waals surface area contributed by atoms with Gasteiger partial charge in [0.25, 0.3) is 0 Å². The number of aromatic nitrogens is 1. The van der Waals surface area contributed by atoms with Gasteiger partial charge in [0.15, 0.2) is 5.82 Å². The van der Waals surface area contributed by atoms with Gasteiger partial charge in [-0.3, -0.25) is 4.79 Å². The van der Waals surface area contributed by atoms with Gasteiger partial charge in [-0.1, -0.05) is 25.9 Å². The van der Waals surface area contributed by atoms with Crippen LogP contribution in [0.15, 0.2) is 10.6 Å². The molecule has 15 heavy (non-hydrogen) atoms. The topological polar surface area (TPSA) is 81.2 Å². The van der Waals surface area contributed by atoms with Crippen molar-refractivity contribution in [2.75, 3.05) is 5.32 Å². The van der Waals surface area contributed by atoms with Gasteiger partial charge in [-0.2, -0.15) is 0 Å². The maximum atomic E-state index is 11.7. The molecule has 1 rings (SSSR count). The Hall–Kier alpha value is -1.36. The maximum absolute atomic E-state index is 11.7. The quantitative estimate of drug-likeness (QED) is 0.772. The predicted octanol–water partition coefficient (Wildman–Crippen LogP) is 1.29. The summed E-state index contributed by atoms with van der Waals surface area (Å²) in [4.78, 5) is 11.7. The van der Waals surface area contributed by atoms with Crippen molar-refractivity contribution in [3.63, 3.8) is 0 Å². The van der Waals surface area contributed by atoms with Crippen LogP contribution in [-0.4, -0.2) is 17.1 Å². The van der Waals surface area contributed by atoms with Crippen LogP contribution >= 0.6 is 0 Å². The van der Waals surface area contributed by atoms with E-state index >= 15 is 0 Å². The van der Waals surface area contributed by atoms with Crippen LogP contribution in [0, 0.1) is 12.3 Å². The lowest BCUT2D eigenvalue weighted by Gasteiger charge is -2.25. The highest BCUT2D eigenvalue weighted by Crippen LogP contribution is 2.18. The lowest BCUT2D eigenvalue weighted by Crippen LogP contribution is -2.45. The fourth-order valence-corrected chi connectivity index (χ4v) is 1.02. The van der Waals surface area contributed by atoms with Crippen LogP contribution < -0.4 is 11.1 Å². The minimum absolute atomic E-state index is 0.254. The number of nitrogens with two attached hydrogens (primary N) is 1. The molecule has 1 amide bonds. The van der Waals surface area contributed by atoms with Gasteiger partial charge < -0.3 is 15.6 Å². The van der Waals surface area contributed by atoms with Crippen LogP contribution in [0.5, 0.6) is 0 Å². The van der Waals surface area contributed by atoms with E-state index in [0.29, 0.717) is 11.6 Å². The van der Waals surface area contributed by atoms with Gasteiger partial charge in [-0.15, -0.1) is 0 Å². The molecule has 5 heteroatoms. The van der Waals surface area contributed by atoms with Crippen molar-refractivity contribution in [3.05, 3.63) is 11.8 Å². The molecule has 0 aromatic carbocycles. The molecule has 1 heterocycles. The molecule has 0 saturated carbocycles. The van der Waals surface area contributed by atoms with E-state index in [1.807, 2.05) is 20.8 Å². The summed E-state index contributed by atoms with van der Waals surface area (Å²) in [6.45, 7) is 7.48. The largest absolute Gasteiger partial charge is 0.360 e. The fourth-order valence-electron chi connectivity index (χ4n) is 1.02. The fraction of sp³-hybridized carbons (Fsp3) is 0.600. The standard InChI is InChI=1S/C10H17N3O2/c1-6-5-7(13-15-6)12-9(14)8(11)10(2,3)4/h5,8H,11H2,1-4H3,(H,12,13,14). The first kappa shape index (κ1) is 11.7. The molecule has 0 aliphatic carbocycles. The predicted molar refractivity (Wildman–Crippen MR) is 57.3 cm³/mol. The number of anilines is 1. The molecule has 1 atom stereocenters. The lowest BCUT2D eigenvalue weighted by atomic mass is 9.87. The van der Waals surface area contributed by atoms with Crippen LogP contribution in [0.2, 0.25) is 0 Å². The molecule has 5 nitrogen and oxygen atoms in total. The van der Waals surface area contributed by atoms with Crippen molar-refractivity contribution in [1.82, 2.24) is 5.16 Å². The van der Waals surface area contributed by atoms with Gasteiger partial charge in [0, 0.05) is 6.07 Å². The Bertz CT molecular complexity index is 352. The third-order valence-corrected chi connectivity index (χ3v) is 2.09. The zero-order valence-corrected chi connectivity index (χ0v) is 9.50. The summed E-state index contributed by atoms with van der Waals surface area (Å²) >= 11 is 0. The summed E-state index contributed by atoms with van der Waals surface area (Å²) in [5, 5.41) is 6.26. The Morgan fingerprint density at radius 3 is 2.60 bits per heavy atom. The van der Waals surface area contributed by atoms with Gasteiger partial charge in [0.2, 0.25) is 5.91 Å². The lowest BCUT2D eigenvalue weighted by molar-refractivity contribution is -0.119. The number of amides is 1. The molecule has 1 aromatic rings. The number of carbonyl (C=O) groups excluding carboxylic acids is 1. The first-order valence-electron chi connectivity index (χ1n) is 4.80. The Balaban J connectivity index is 2.64. The number of hydrogen-bond acceptors (Lipinski definition) is 4. The summed E-state index contributed by atoms with van der Waals surface area (Å²) in [7, 11) is 0. The smallest absolute Gasteiger partial charge is 0.243 e. The van der Waals surface area contributed by atoms with E-state index in [9.17, 15) is 4.79 Å². The van der Waals surface area contributed by atoms with E-state index < -0.39 is 6.04 Å². The van der Waals surface area contributed by atoms with Crippen LogP contribution in [0.1, 0.15) is 26.5 Å². The van der Waals surface area contributed by atoms with Crippen molar-refractivity contribution < 1.29 is 9.32 Å². The summed E-state index contributed by atoms with van der Waals surface area (Å²) in [5.74, 6) is 0.794. The van der Waals surface area contributed by atoms with E-state index in [1.54, 1.807) is 13.0 Å². The SMILES string of the molecule is Cc1cc(NC(=O)C(N)C(C)(C)C)no1. The third kappa shape index (κ3) is 3.06. The third-order valence-electron chi connectivity index (χ3n) is 2.09. The molecule has 3 N–H and O–H groups in total. The Morgan fingerprint density at radius 2 is 2.20 bits per heavy atom. The molecule has 0 saturated heterocycles. The monoisotopic (exact) mass is 211 g/mol. The molecule has 0 aliphatic rings. The van der Waals surface area contributed by atoms with Crippen molar-refractivity contribution in [2.45, 2.75) is 33.7 Å². The molecule has 0 spiro atoms. The molecule has 0 aliphatic heterocycles. The average Bonchev–Trinajstić information content (AvgIpc) is 2.48. The number of hydrogen-bond donors (Lipinski definition) is 2. The van der Waals surface area contributed by atoms with Crippen molar-refractivity contribution in [3.8, 4) is 0 Å². The number of nitrogens with one attached hydrogen (secondary N) is 1. The highest BCUT2D eigenvalue weighted by molar-refractivity contribution is 5.94. The van der Waals surface area contributed by atoms with Crippen LogP contribution in [0.4, 0.5) is 5.82 Å². The maximum Gasteiger partial charge on any atom is 0.243 e. The zero-order valence-electron chi connectivity index (χ0n) is 9.50. The molecule has 0 fully saturated rings. The number of rotatable bonds is 2. The Labute approximate surface area is 89.0 Å². The number of aryl methyl sites for hydroxylation is 1. The second kappa shape index (κ2) is 4.02. The van der Waals surface area contributed by atoms with Gasteiger partial charge in [-0.05, 0) is 12.3 Å². The highest BCUT2D eigenvalue weighted by Gasteiger charge is 2.27. The number of nitrogens with zero attached hydrogens (tertiary/aromatic N) is 1.